The second kappa shape index (κ2) is 6.95. The van der Waals surface area contributed by atoms with Gasteiger partial charge in [0.2, 0.25) is 0 Å². The van der Waals surface area contributed by atoms with E-state index in [4.69, 9.17) is 17.3 Å². The van der Waals surface area contributed by atoms with Crippen LogP contribution in [0.2, 0.25) is 5.02 Å². The molecule has 3 rings (SSSR count). The predicted octanol–water partition coefficient (Wildman–Crippen LogP) is 3.03. The topological polar surface area (TPSA) is 64.2 Å². The van der Waals surface area contributed by atoms with E-state index in [1.54, 1.807) is 10.9 Å². The molecule has 0 spiro atoms. The highest BCUT2D eigenvalue weighted by atomic mass is 35.5. The van der Waals surface area contributed by atoms with E-state index in [0.717, 1.165) is 37.3 Å². The minimum Gasteiger partial charge on any atom is -0.338 e. The van der Waals surface area contributed by atoms with Gasteiger partial charge in [-0.2, -0.15) is 5.10 Å². The Balaban J connectivity index is 1.84. The molecule has 2 aromatic rings. The second-order valence-corrected chi connectivity index (χ2v) is 6.98. The fourth-order valence-corrected chi connectivity index (χ4v) is 3.47. The molecule has 1 aliphatic rings. The summed E-state index contributed by atoms with van der Waals surface area (Å²) in [5.74, 6) is 0.400. The van der Waals surface area contributed by atoms with Crippen molar-refractivity contribution in [3.05, 3.63) is 46.7 Å². The monoisotopic (exact) mass is 346 g/mol. The summed E-state index contributed by atoms with van der Waals surface area (Å²) >= 11 is 6.06. The standard InChI is InChI=1S/C18H23ClN4O/c1-12(20)14-5-4-8-22(11-14)18(24)17-10-21-23(13(17)2)16-7-3-6-15(19)9-16/h3,6-7,9-10,12,14H,4-5,8,11,20H2,1-2H3/t12-,14-/m0/s1. The predicted molar refractivity (Wildman–Crippen MR) is 95.6 cm³/mol. The lowest BCUT2D eigenvalue weighted by molar-refractivity contribution is 0.0660. The minimum absolute atomic E-state index is 0.0335. The van der Waals surface area contributed by atoms with Crippen molar-refractivity contribution in [3.63, 3.8) is 0 Å². The molecule has 0 radical (unpaired) electrons. The number of benzene rings is 1. The van der Waals surface area contributed by atoms with Crippen LogP contribution >= 0.6 is 11.6 Å². The van der Waals surface area contributed by atoms with Crippen LogP contribution in [0.15, 0.2) is 30.5 Å². The molecule has 1 aliphatic heterocycles. The van der Waals surface area contributed by atoms with E-state index in [2.05, 4.69) is 5.10 Å². The molecule has 0 aliphatic carbocycles. The van der Waals surface area contributed by atoms with Gasteiger partial charge in [0.05, 0.1) is 23.1 Å². The number of carbonyl (C=O) groups excluding carboxylic acids is 1. The summed E-state index contributed by atoms with van der Waals surface area (Å²) in [5, 5.41) is 5.03. The zero-order valence-corrected chi connectivity index (χ0v) is 14.8. The Kier molecular flexibility index (Phi) is 4.92. The molecule has 0 saturated carbocycles. The molecule has 5 nitrogen and oxygen atoms in total. The molecule has 6 heteroatoms. The van der Waals surface area contributed by atoms with Gasteiger partial charge in [-0.3, -0.25) is 4.79 Å². The van der Waals surface area contributed by atoms with E-state index in [0.29, 0.717) is 16.5 Å². The number of likely N-dealkylation sites (tertiary alicyclic amines) is 1. The Morgan fingerprint density at radius 1 is 1.46 bits per heavy atom. The third-order valence-electron chi connectivity index (χ3n) is 4.78. The molecule has 0 bridgehead atoms. The van der Waals surface area contributed by atoms with Gasteiger partial charge in [0.25, 0.3) is 5.91 Å². The SMILES string of the molecule is Cc1c(C(=O)N2CCC[C@H]([C@H](C)N)C2)cnn1-c1cccc(Cl)c1. The van der Waals surface area contributed by atoms with Crippen molar-refractivity contribution in [2.24, 2.45) is 11.7 Å². The largest absolute Gasteiger partial charge is 0.338 e. The summed E-state index contributed by atoms with van der Waals surface area (Å²) in [6, 6.07) is 7.56. The van der Waals surface area contributed by atoms with Crippen LogP contribution in [0.3, 0.4) is 0 Å². The van der Waals surface area contributed by atoms with Crippen LogP contribution in [-0.2, 0) is 0 Å². The minimum atomic E-state index is 0.0335. The van der Waals surface area contributed by atoms with Gasteiger partial charge in [0.15, 0.2) is 0 Å². The van der Waals surface area contributed by atoms with E-state index in [1.807, 2.05) is 43.0 Å². The highest BCUT2D eigenvalue weighted by Gasteiger charge is 2.28. The first kappa shape index (κ1) is 17.0. The molecule has 1 saturated heterocycles. The summed E-state index contributed by atoms with van der Waals surface area (Å²) in [7, 11) is 0. The van der Waals surface area contributed by atoms with E-state index >= 15 is 0 Å². The van der Waals surface area contributed by atoms with Crippen LogP contribution in [0, 0.1) is 12.8 Å². The number of hydrogen-bond donors (Lipinski definition) is 1. The quantitative estimate of drug-likeness (QED) is 0.929. The molecule has 1 aromatic heterocycles. The van der Waals surface area contributed by atoms with E-state index in [-0.39, 0.29) is 11.9 Å². The summed E-state index contributed by atoms with van der Waals surface area (Å²) in [5.41, 5.74) is 8.34. The average molecular weight is 347 g/mol. The highest BCUT2D eigenvalue weighted by molar-refractivity contribution is 6.30. The first-order valence-corrected chi connectivity index (χ1v) is 8.70. The van der Waals surface area contributed by atoms with Crippen molar-refractivity contribution in [2.75, 3.05) is 13.1 Å². The molecule has 24 heavy (non-hydrogen) atoms. The lowest BCUT2D eigenvalue weighted by Crippen LogP contribution is -2.45. The molecule has 0 unspecified atom stereocenters. The maximum Gasteiger partial charge on any atom is 0.257 e. The number of piperidine rings is 1. The lowest BCUT2D eigenvalue weighted by Gasteiger charge is -2.34. The smallest absolute Gasteiger partial charge is 0.257 e. The Morgan fingerprint density at radius 2 is 2.25 bits per heavy atom. The van der Waals surface area contributed by atoms with Gasteiger partial charge in [-0.15, -0.1) is 0 Å². The van der Waals surface area contributed by atoms with Gasteiger partial charge < -0.3 is 10.6 Å². The number of aromatic nitrogens is 2. The summed E-state index contributed by atoms with van der Waals surface area (Å²) < 4.78 is 1.76. The molecular formula is C18H23ClN4O. The Hall–Kier alpha value is -1.85. The van der Waals surface area contributed by atoms with Crippen LogP contribution in [0.4, 0.5) is 0 Å². The number of nitrogens with two attached hydrogens (primary N) is 1. The maximum atomic E-state index is 12.9. The van der Waals surface area contributed by atoms with Gasteiger partial charge >= 0.3 is 0 Å². The summed E-state index contributed by atoms with van der Waals surface area (Å²) in [4.78, 5) is 14.8. The van der Waals surface area contributed by atoms with E-state index in [9.17, 15) is 4.79 Å². The molecule has 2 N–H and O–H groups in total. The Morgan fingerprint density at radius 3 is 2.96 bits per heavy atom. The zero-order chi connectivity index (χ0) is 17.3. The van der Waals surface area contributed by atoms with Gasteiger partial charge in [-0.1, -0.05) is 17.7 Å². The van der Waals surface area contributed by atoms with Crippen molar-refractivity contribution in [2.45, 2.75) is 32.7 Å². The summed E-state index contributed by atoms with van der Waals surface area (Å²) in [6.45, 7) is 5.43. The van der Waals surface area contributed by atoms with Crippen LogP contribution in [0.25, 0.3) is 5.69 Å². The fraction of sp³-hybridized carbons (Fsp3) is 0.444. The second-order valence-electron chi connectivity index (χ2n) is 6.55. The number of halogens is 1. The van der Waals surface area contributed by atoms with Crippen molar-refractivity contribution in [1.29, 1.82) is 0 Å². The van der Waals surface area contributed by atoms with Crippen LogP contribution in [0.1, 0.15) is 35.8 Å². The van der Waals surface area contributed by atoms with Crippen molar-refractivity contribution >= 4 is 17.5 Å². The molecule has 1 amide bonds. The van der Waals surface area contributed by atoms with Crippen LogP contribution < -0.4 is 5.73 Å². The Bertz CT molecular complexity index is 740. The third kappa shape index (κ3) is 3.32. The number of carbonyl (C=O) groups is 1. The number of rotatable bonds is 3. The molecule has 1 aromatic carbocycles. The van der Waals surface area contributed by atoms with Gasteiger partial charge in [-0.25, -0.2) is 4.68 Å². The molecule has 2 atom stereocenters. The van der Waals surface area contributed by atoms with Crippen molar-refractivity contribution in [1.82, 2.24) is 14.7 Å². The number of amides is 1. The average Bonchev–Trinajstić information content (AvgIpc) is 2.96. The van der Waals surface area contributed by atoms with E-state index < -0.39 is 0 Å². The van der Waals surface area contributed by atoms with Crippen molar-refractivity contribution < 1.29 is 4.79 Å². The third-order valence-corrected chi connectivity index (χ3v) is 5.02. The molecular weight excluding hydrogens is 324 g/mol. The summed E-state index contributed by atoms with van der Waals surface area (Å²) in [6.07, 6.45) is 3.73. The van der Waals surface area contributed by atoms with Crippen molar-refractivity contribution in [3.8, 4) is 5.69 Å². The normalized spacial score (nSPS) is 19.3. The molecule has 1 fully saturated rings. The first-order valence-electron chi connectivity index (χ1n) is 8.33. The molecule has 2 heterocycles. The lowest BCUT2D eigenvalue weighted by atomic mass is 9.92. The van der Waals surface area contributed by atoms with Gasteiger partial charge in [0.1, 0.15) is 0 Å². The fourth-order valence-electron chi connectivity index (χ4n) is 3.28. The van der Waals surface area contributed by atoms with E-state index in [1.165, 1.54) is 0 Å². The molecule has 128 valence electrons. The highest BCUT2D eigenvalue weighted by Crippen LogP contribution is 2.23. The van der Waals surface area contributed by atoms with Crippen LogP contribution in [-0.4, -0.2) is 39.7 Å². The Labute approximate surface area is 147 Å². The van der Waals surface area contributed by atoms with Gasteiger partial charge in [-0.05, 0) is 50.8 Å². The number of nitrogens with zero attached hydrogens (tertiary/aromatic N) is 3. The maximum absolute atomic E-state index is 12.9. The van der Waals surface area contributed by atoms with Gasteiger partial charge in [0, 0.05) is 24.2 Å². The zero-order valence-electron chi connectivity index (χ0n) is 14.1. The number of hydrogen-bond acceptors (Lipinski definition) is 3. The first-order chi connectivity index (χ1) is 11.5. The van der Waals surface area contributed by atoms with Crippen LogP contribution in [0.5, 0.6) is 0 Å².